The molecule has 0 atom stereocenters. The smallest absolute Gasteiger partial charge is 0.200 e. The summed E-state index contributed by atoms with van der Waals surface area (Å²) in [7, 11) is 3.54. The molecule has 17 heavy (non-hydrogen) atoms. The number of para-hydroxylation sites is 1. The number of nitrogens with one attached hydrogen (secondary N) is 2. The Morgan fingerprint density at radius 3 is 2.76 bits per heavy atom. The third kappa shape index (κ3) is 2.41. The van der Waals surface area contributed by atoms with E-state index in [1.807, 2.05) is 32.2 Å². The van der Waals surface area contributed by atoms with Crippen molar-refractivity contribution in [1.82, 2.24) is 9.97 Å². The number of aromatic amines is 1. The number of anilines is 1. The van der Waals surface area contributed by atoms with E-state index in [1.54, 1.807) is 7.11 Å². The summed E-state index contributed by atoms with van der Waals surface area (Å²) in [6.07, 6.45) is 0.772. The quantitative estimate of drug-likeness (QED) is 0.849. The average molecular weight is 231 g/mol. The van der Waals surface area contributed by atoms with Crippen LogP contribution in [0.2, 0.25) is 0 Å². The highest BCUT2D eigenvalue weighted by Gasteiger charge is 2.09. The van der Waals surface area contributed by atoms with Gasteiger partial charge in [0.1, 0.15) is 5.75 Å². The van der Waals surface area contributed by atoms with Gasteiger partial charge in [-0.3, -0.25) is 0 Å². The summed E-state index contributed by atoms with van der Waals surface area (Å²) < 4.78 is 5.34. The van der Waals surface area contributed by atoms with E-state index in [0.717, 1.165) is 35.1 Å². The van der Waals surface area contributed by atoms with Crippen LogP contribution >= 0.6 is 0 Å². The topological polar surface area (TPSA) is 49.9 Å². The lowest BCUT2D eigenvalue weighted by Gasteiger charge is -2.06. The standard InChI is InChI=1S/C13H17N3O/c1-9-11(16-13(14-2)15-9)8-10-6-4-5-7-12(10)17-3/h4-7H,8H2,1-3H3,(H2,14,15,16). The fourth-order valence-electron chi connectivity index (χ4n) is 1.82. The van der Waals surface area contributed by atoms with Gasteiger partial charge in [-0.1, -0.05) is 18.2 Å². The van der Waals surface area contributed by atoms with Crippen molar-refractivity contribution in [2.75, 3.05) is 19.5 Å². The molecular weight excluding hydrogens is 214 g/mol. The molecule has 0 radical (unpaired) electrons. The number of methoxy groups -OCH3 is 1. The van der Waals surface area contributed by atoms with Crippen molar-refractivity contribution in [3.05, 3.63) is 41.2 Å². The Kier molecular flexibility index (Phi) is 3.32. The van der Waals surface area contributed by atoms with Crippen molar-refractivity contribution >= 4 is 5.95 Å². The number of H-pyrrole nitrogens is 1. The number of aryl methyl sites for hydroxylation is 1. The highest BCUT2D eigenvalue weighted by Crippen LogP contribution is 2.22. The van der Waals surface area contributed by atoms with Crippen molar-refractivity contribution in [3.8, 4) is 5.75 Å². The van der Waals surface area contributed by atoms with Crippen LogP contribution < -0.4 is 10.1 Å². The van der Waals surface area contributed by atoms with Gasteiger partial charge in [-0.05, 0) is 13.0 Å². The summed E-state index contributed by atoms with van der Waals surface area (Å²) in [6, 6.07) is 8.01. The number of aromatic nitrogens is 2. The van der Waals surface area contributed by atoms with Crippen LogP contribution in [0.3, 0.4) is 0 Å². The summed E-state index contributed by atoms with van der Waals surface area (Å²) in [5.41, 5.74) is 3.27. The summed E-state index contributed by atoms with van der Waals surface area (Å²) in [6.45, 7) is 2.03. The monoisotopic (exact) mass is 231 g/mol. The van der Waals surface area contributed by atoms with Crippen molar-refractivity contribution in [3.63, 3.8) is 0 Å². The predicted molar refractivity (Wildman–Crippen MR) is 68.7 cm³/mol. The van der Waals surface area contributed by atoms with E-state index >= 15 is 0 Å². The van der Waals surface area contributed by atoms with Crippen molar-refractivity contribution < 1.29 is 4.74 Å². The minimum Gasteiger partial charge on any atom is -0.496 e. The molecule has 0 fully saturated rings. The van der Waals surface area contributed by atoms with Gasteiger partial charge < -0.3 is 15.0 Å². The Morgan fingerprint density at radius 2 is 2.12 bits per heavy atom. The second kappa shape index (κ2) is 4.91. The minimum atomic E-state index is 0.772. The highest BCUT2D eigenvalue weighted by molar-refractivity contribution is 5.39. The molecule has 0 saturated carbocycles. The molecular formula is C13H17N3O. The summed E-state index contributed by atoms with van der Waals surface area (Å²) >= 11 is 0. The molecule has 1 aromatic carbocycles. The molecule has 2 N–H and O–H groups in total. The first kappa shape index (κ1) is 11.5. The van der Waals surface area contributed by atoms with Crippen LogP contribution in [0, 0.1) is 6.92 Å². The molecule has 0 unspecified atom stereocenters. The number of imidazole rings is 1. The molecule has 0 amide bonds. The molecule has 1 aromatic heterocycles. The highest BCUT2D eigenvalue weighted by atomic mass is 16.5. The molecule has 2 aromatic rings. The normalized spacial score (nSPS) is 10.3. The zero-order valence-corrected chi connectivity index (χ0v) is 10.4. The summed E-state index contributed by atoms with van der Waals surface area (Å²) in [5.74, 6) is 1.70. The van der Waals surface area contributed by atoms with Gasteiger partial charge in [-0.15, -0.1) is 0 Å². The Hall–Kier alpha value is -1.97. The molecule has 4 nitrogen and oxygen atoms in total. The van der Waals surface area contributed by atoms with Gasteiger partial charge in [0.05, 0.1) is 12.8 Å². The Labute approximate surface area is 101 Å². The molecule has 0 aliphatic carbocycles. The zero-order valence-electron chi connectivity index (χ0n) is 10.4. The third-order valence-corrected chi connectivity index (χ3v) is 2.77. The van der Waals surface area contributed by atoms with E-state index in [2.05, 4.69) is 21.4 Å². The van der Waals surface area contributed by atoms with Gasteiger partial charge in [0, 0.05) is 24.7 Å². The van der Waals surface area contributed by atoms with Gasteiger partial charge in [0.2, 0.25) is 0 Å². The Bertz CT molecular complexity index is 505. The van der Waals surface area contributed by atoms with E-state index in [0.29, 0.717) is 0 Å². The molecule has 4 heteroatoms. The average Bonchev–Trinajstić information content (AvgIpc) is 2.71. The van der Waals surface area contributed by atoms with Crippen LogP contribution in [0.4, 0.5) is 5.95 Å². The van der Waals surface area contributed by atoms with E-state index in [4.69, 9.17) is 4.74 Å². The van der Waals surface area contributed by atoms with Crippen molar-refractivity contribution in [1.29, 1.82) is 0 Å². The lowest BCUT2D eigenvalue weighted by Crippen LogP contribution is -1.95. The number of nitrogens with zero attached hydrogens (tertiary/aromatic N) is 1. The maximum atomic E-state index is 5.34. The summed E-state index contributed by atoms with van der Waals surface area (Å²) in [4.78, 5) is 7.67. The van der Waals surface area contributed by atoms with E-state index in [-0.39, 0.29) is 0 Å². The minimum absolute atomic E-state index is 0.772. The van der Waals surface area contributed by atoms with Gasteiger partial charge >= 0.3 is 0 Å². The molecule has 0 spiro atoms. The molecule has 0 bridgehead atoms. The summed E-state index contributed by atoms with van der Waals surface area (Å²) in [5, 5.41) is 3.00. The number of benzene rings is 1. The number of ether oxygens (including phenoxy) is 1. The second-order valence-corrected chi connectivity index (χ2v) is 3.90. The zero-order chi connectivity index (χ0) is 12.3. The first-order chi connectivity index (χ1) is 8.24. The van der Waals surface area contributed by atoms with Crippen LogP contribution in [0.1, 0.15) is 17.0 Å². The molecule has 2 rings (SSSR count). The first-order valence-electron chi connectivity index (χ1n) is 5.59. The molecule has 0 aliphatic rings. The lowest BCUT2D eigenvalue weighted by molar-refractivity contribution is 0.410. The molecule has 1 heterocycles. The van der Waals surface area contributed by atoms with Crippen molar-refractivity contribution in [2.45, 2.75) is 13.3 Å². The molecule has 90 valence electrons. The third-order valence-electron chi connectivity index (χ3n) is 2.77. The van der Waals surface area contributed by atoms with Gasteiger partial charge in [-0.25, -0.2) is 4.98 Å². The van der Waals surface area contributed by atoms with Crippen molar-refractivity contribution in [2.24, 2.45) is 0 Å². The Morgan fingerprint density at radius 1 is 1.35 bits per heavy atom. The largest absolute Gasteiger partial charge is 0.496 e. The van der Waals surface area contributed by atoms with Crippen LogP contribution in [0.25, 0.3) is 0 Å². The van der Waals surface area contributed by atoms with Gasteiger partial charge in [0.25, 0.3) is 0 Å². The SMILES string of the molecule is CNc1nc(Cc2ccccc2OC)c(C)[nH]1. The van der Waals surface area contributed by atoms with Crippen LogP contribution in [-0.4, -0.2) is 24.1 Å². The number of hydrogen-bond donors (Lipinski definition) is 2. The van der Waals surface area contributed by atoms with E-state index < -0.39 is 0 Å². The number of hydrogen-bond acceptors (Lipinski definition) is 3. The van der Waals surface area contributed by atoms with E-state index in [1.165, 1.54) is 0 Å². The van der Waals surface area contributed by atoms with Gasteiger partial charge in [-0.2, -0.15) is 0 Å². The predicted octanol–water partition coefficient (Wildman–Crippen LogP) is 2.36. The maximum Gasteiger partial charge on any atom is 0.200 e. The molecule has 0 aliphatic heterocycles. The second-order valence-electron chi connectivity index (χ2n) is 3.90. The fourth-order valence-corrected chi connectivity index (χ4v) is 1.82. The van der Waals surface area contributed by atoms with Crippen LogP contribution in [-0.2, 0) is 6.42 Å². The number of rotatable bonds is 4. The lowest BCUT2D eigenvalue weighted by atomic mass is 10.1. The maximum absolute atomic E-state index is 5.34. The van der Waals surface area contributed by atoms with Crippen LogP contribution in [0.5, 0.6) is 5.75 Å². The Balaban J connectivity index is 2.27. The van der Waals surface area contributed by atoms with Gasteiger partial charge in [0.15, 0.2) is 5.95 Å². The fraction of sp³-hybridized carbons (Fsp3) is 0.308. The first-order valence-corrected chi connectivity index (χ1v) is 5.59. The molecule has 0 saturated heterocycles. The van der Waals surface area contributed by atoms with E-state index in [9.17, 15) is 0 Å². The van der Waals surface area contributed by atoms with Crippen LogP contribution in [0.15, 0.2) is 24.3 Å².